The van der Waals surface area contributed by atoms with E-state index in [2.05, 4.69) is 25.3 Å². The Morgan fingerprint density at radius 1 is 1.11 bits per heavy atom. The monoisotopic (exact) mass is 376 g/mol. The molecule has 7 nitrogen and oxygen atoms in total. The molecule has 3 heterocycles. The van der Waals surface area contributed by atoms with Gasteiger partial charge in [0.25, 0.3) is 0 Å². The van der Waals surface area contributed by atoms with Crippen LogP contribution in [0.3, 0.4) is 0 Å². The summed E-state index contributed by atoms with van der Waals surface area (Å²) in [4.78, 5) is 23.3. The van der Waals surface area contributed by atoms with E-state index in [1.54, 1.807) is 18.5 Å². The molecule has 1 N–H and O–H groups in total. The molecule has 1 aromatic carbocycles. The van der Waals surface area contributed by atoms with E-state index in [1.807, 2.05) is 47.3 Å². The van der Waals surface area contributed by atoms with Crippen molar-refractivity contribution in [3.05, 3.63) is 66.7 Å². The zero-order chi connectivity index (χ0) is 19.2. The highest BCUT2D eigenvalue weighted by Crippen LogP contribution is 2.20. The van der Waals surface area contributed by atoms with Gasteiger partial charge in [-0.05, 0) is 37.1 Å². The number of piperidine rings is 1. The molecule has 0 radical (unpaired) electrons. The van der Waals surface area contributed by atoms with Crippen LogP contribution in [0, 0.1) is 5.92 Å². The van der Waals surface area contributed by atoms with Gasteiger partial charge in [-0.2, -0.15) is 5.10 Å². The number of carbonyl (C=O) groups is 1. The Kier molecular flexibility index (Phi) is 5.61. The molecular formula is C21H24N6O. The molecule has 1 fully saturated rings. The summed E-state index contributed by atoms with van der Waals surface area (Å²) in [6.07, 6.45) is 8.01. The zero-order valence-electron chi connectivity index (χ0n) is 15.7. The summed E-state index contributed by atoms with van der Waals surface area (Å²) >= 11 is 0. The molecule has 0 spiro atoms. The van der Waals surface area contributed by atoms with E-state index in [0.717, 1.165) is 30.8 Å². The molecule has 1 aliphatic rings. The number of carbonyl (C=O) groups excluding carboxylic acids is 1. The van der Waals surface area contributed by atoms with Gasteiger partial charge in [-0.25, -0.2) is 14.6 Å². The lowest BCUT2D eigenvalue weighted by Crippen LogP contribution is -2.44. The molecule has 0 aliphatic carbocycles. The van der Waals surface area contributed by atoms with E-state index in [0.29, 0.717) is 25.5 Å². The largest absolute Gasteiger partial charge is 0.355 e. The fourth-order valence-electron chi connectivity index (χ4n) is 3.50. The number of amides is 1. The molecule has 3 aromatic rings. The highest BCUT2D eigenvalue weighted by molar-refractivity contribution is 5.79. The third-order valence-electron chi connectivity index (χ3n) is 4.97. The number of hydrogen-bond donors (Lipinski definition) is 1. The lowest BCUT2D eigenvalue weighted by Gasteiger charge is -2.31. The lowest BCUT2D eigenvalue weighted by molar-refractivity contribution is -0.125. The predicted molar refractivity (Wildman–Crippen MR) is 107 cm³/mol. The molecule has 4 rings (SSSR count). The molecular weight excluding hydrogens is 352 g/mol. The smallest absolute Gasteiger partial charge is 0.225 e. The standard InChI is InChI=1S/C21H24N6O/c28-20(17-6-4-14-26(16-17)21-23-11-5-12-24-21)22-13-9-18-10-15-27(25-18)19-7-2-1-3-8-19/h1-3,5,7-8,10-12,15,17H,4,6,9,13-14,16H2,(H,22,28)/t17-/m1/s1. The number of anilines is 1. The Morgan fingerprint density at radius 3 is 2.75 bits per heavy atom. The molecule has 28 heavy (non-hydrogen) atoms. The van der Waals surface area contributed by atoms with Crippen molar-refractivity contribution in [2.24, 2.45) is 5.92 Å². The summed E-state index contributed by atoms with van der Waals surface area (Å²) in [6.45, 7) is 2.15. The van der Waals surface area contributed by atoms with Gasteiger partial charge >= 0.3 is 0 Å². The third kappa shape index (κ3) is 4.36. The summed E-state index contributed by atoms with van der Waals surface area (Å²) in [7, 11) is 0. The molecule has 1 saturated heterocycles. The van der Waals surface area contributed by atoms with Crippen molar-refractivity contribution >= 4 is 11.9 Å². The molecule has 0 bridgehead atoms. The molecule has 1 aliphatic heterocycles. The van der Waals surface area contributed by atoms with E-state index >= 15 is 0 Å². The highest BCUT2D eigenvalue weighted by atomic mass is 16.1. The van der Waals surface area contributed by atoms with Gasteiger partial charge in [-0.15, -0.1) is 0 Å². The van der Waals surface area contributed by atoms with Crippen LogP contribution >= 0.6 is 0 Å². The van der Waals surface area contributed by atoms with Gasteiger partial charge < -0.3 is 10.2 Å². The molecule has 0 saturated carbocycles. The first-order valence-corrected chi connectivity index (χ1v) is 9.69. The topological polar surface area (TPSA) is 75.9 Å². The van der Waals surface area contributed by atoms with Crippen molar-refractivity contribution in [1.82, 2.24) is 25.1 Å². The Balaban J connectivity index is 1.27. The predicted octanol–water partition coefficient (Wildman–Crippen LogP) is 2.24. The summed E-state index contributed by atoms with van der Waals surface area (Å²) in [5, 5.41) is 7.65. The third-order valence-corrected chi connectivity index (χ3v) is 4.97. The van der Waals surface area contributed by atoms with Crippen molar-refractivity contribution < 1.29 is 4.79 Å². The lowest BCUT2D eigenvalue weighted by atomic mass is 9.97. The van der Waals surface area contributed by atoms with E-state index in [1.165, 1.54) is 0 Å². The van der Waals surface area contributed by atoms with E-state index < -0.39 is 0 Å². The Bertz CT molecular complexity index is 896. The average molecular weight is 376 g/mol. The van der Waals surface area contributed by atoms with Crippen LogP contribution in [0.4, 0.5) is 5.95 Å². The summed E-state index contributed by atoms with van der Waals surface area (Å²) in [5.74, 6) is 0.772. The quantitative estimate of drug-likeness (QED) is 0.714. The van der Waals surface area contributed by atoms with Crippen LogP contribution in [0.25, 0.3) is 5.69 Å². The molecule has 1 amide bonds. The molecule has 144 valence electrons. The van der Waals surface area contributed by atoms with Gasteiger partial charge in [0.15, 0.2) is 0 Å². The van der Waals surface area contributed by atoms with Crippen molar-refractivity contribution in [3.63, 3.8) is 0 Å². The minimum atomic E-state index is -0.0283. The van der Waals surface area contributed by atoms with Gasteiger partial charge in [0, 0.05) is 44.6 Å². The first kappa shape index (κ1) is 18.2. The summed E-state index contributed by atoms with van der Waals surface area (Å²) in [6, 6.07) is 13.8. The number of nitrogens with zero attached hydrogens (tertiary/aromatic N) is 5. The van der Waals surface area contributed by atoms with Crippen LogP contribution < -0.4 is 10.2 Å². The first-order chi connectivity index (χ1) is 13.8. The minimum Gasteiger partial charge on any atom is -0.355 e. The van der Waals surface area contributed by atoms with Crippen molar-refractivity contribution in [2.75, 3.05) is 24.5 Å². The molecule has 0 unspecified atom stereocenters. The van der Waals surface area contributed by atoms with Crippen LogP contribution in [0.1, 0.15) is 18.5 Å². The normalized spacial score (nSPS) is 16.7. The van der Waals surface area contributed by atoms with Crippen LogP contribution in [-0.2, 0) is 11.2 Å². The SMILES string of the molecule is O=C(NCCc1ccn(-c2ccccc2)n1)[C@@H]1CCCN(c2ncccn2)C1. The Morgan fingerprint density at radius 2 is 1.93 bits per heavy atom. The Hall–Kier alpha value is -3.22. The second kappa shape index (κ2) is 8.65. The average Bonchev–Trinajstić information content (AvgIpc) is 3.24. The van der Waals surface area contributed by atoms with Crippen LogP contribution in [-0.4, -0.2) is 45.3 Å². The van der Waals surface area contributed by atoms with Gasteiger partial charge in [0.05, 0.1) is 17.3 Å². The molecule has 1 atom stereocenters. The van der Waals surface area contributed by atoms with Crippen LogP contribution in [0.5, 0.6) is 0 Å². The zero-order valence-corrected chi connectivity index (χ0v) is 15.7. The first-order valence-electron chi connectivity index (χ1n) is 9.69. The number of hydrogen-bond acceptors (Lipinski definition) is 5. The second-order valence-electron chi connectivity index (χ2n) is 6.96. The summed E-state index contributed by atoms with van der Waals surface area (Å²) in [5.41, 5.74) is 2.00. The number of para-hydroxylation sites is 1. The maximum absolute atomic E-state index is 12.6. The van der Waals surface area contributed by atoms with Crippen molar-refractivity contribution in [1.29, 1.82) is 0 Å². The number of aromatic nitrogens is 4. The second-order valence-corrected chi connectivity index (χ2v) is 6.96. The maximum atomic E-state index is 12.6. The number of benzene rings is 1. The Labute approximate surface area is 164 Å². The van der Waals surface area contributed by atoms with E-state index in [4.69, 9.17) is 0 Å². The van der Waals surface area contributed by atoms with E-state index in [-0.39, 0.29) is 11.8 Å². The van der Waals surface area contributed by atoms with Crippen molar-refractivity contribution in [2.45, 2.75) is 19.3 Å². The fourth-order valence-corrected chi connectivity index (χ4v) is 3.50. The summed E-state index contributed by atoms with van der Waals surface area (Å²) < 4.78 is 1.86. The van der Waals surface area contributed by atoms with Crippen LogP contribution in [0.2, 0.25) is 0 Å². The van der Waals surface area contributed by atoms with E-state index in [9.17, 15) is 4.79 Å². The highest BCUT2D eigenvalue weighted by Gasteiger charge is 2.26. The van der Waals surface area contributed by atoms with Crippen LogP contribution in [0.15, 0.2) is 61.1 Å². The van der Waals surface area contributed by atoms with Gasteiger partial charge in [0.2, 0.25) is 11.9 Å². The number of rotatable bonds is 6. The molecule has 7 heteroatoms. The minimum absolute atomic E-state index is 0.0283. The number of nitrogens with one attached hydrogen (secondary N) is 1. The van der Waals surface area contributed by atoms with Gasteiger partial charge in [0.1, 0.15) is 0 Å². The molecule has 2 aromatic heterocycles. The van der Waals surface area contributed by atoms with Crippen molar-refractivity contribution in [3.8, 4) is 5.69 Å². The maximum Gasteiger partial charge on any atom is 0.225 e. The fraction of sp³-hybridized carbons (Fsp3) is 0.333. The van der Waals surface area contributed by atoms with Gasteiger partial charge in [-0.1, -0.05) is 18.2 Å². The van der Waals surface area contributed by atoms with Gasteiger partial charge in [-0.3, -0.25) is 4.79 Å².